The minimum atomic E-state index is -0.900. The SMILES string of the molecule is CC(=O)N(CCN)C(=O)C(=O)Nc1ccc(C)cc1C. The second-order valence-corrected chi connectivity index (χ2v) is 4.54. The van der Waals surface area contributed by atoms with Crippen molar-refractivity contribution in [1.82, 2.24) is 4.90 Å². The number of nitrogens with one attached hydrogen (secondary N) is 1. The van der Waals surface area contributed by atoms with Crippen molar-refractivity contribution >= 4 is 23.4 Å². The molecule has 0 spiro atoms. The Hall–Kier alpha value is -2.21. The van der Waals surface area contributed by atoms with E-state index in [9.17, 15) is 14.4 Å². The summed E-state index contributed by atoms with van der Waals surface area (Å²) >= 11 is 0. The Labute approximate surface area is 117 Å². The van der Waals surface area contributed by atoms with Crippen molar-refractivity contribution in [3.8, 4) is 0 Å². The monoisotopic (exact) mass is 277 g/mol. The molecule has 0 atom stereocenters. The fraction of sp³-hybridized carbons (Fsp3) is 0.357. The minimum absolute atomic E-state index is 0.0223. The number of aryl methyl sites for hydroxylation is 2. The van der Waals surface area contributed by atoms with Crippen LogP contribution in [0.4, 0.5) is 5.69 Å². The maximum absolute atomic E-state index is 11.9. The van der Waals surface area contributed by atoms with Crippen molar-refractivity contribution in [3.63, 3.8) is 0 Å². The van der Waals surface area contributed by atoms with Crippen LogP contribution in [0, 0.1) is 13.8 Å². The van der Waals surface area contributed by atoms with Crippen molar-refractivity contribution in [2.24, 2.45) is 5.73 Å². The van der Waals surface area contributed by atoms with Crippen LogP contribution < -0.4 is 11.1 Å². The molecule has 1 rings (SSSR count). The third-order valence-electron chi connectivity index (χ3n) is 2.80. The molecule has 0 radical (unpaired) electrons. The van der Waals surface area contributed by atoms with Crippen LogP contribution in [-0.4, -0.2) is 35.7 Å². The number of imide groups is 1. The van der Waals surface area contributed by atoms with Gasteiger partial charge in [0.15, 0.2) is 0 Å². The van der Waals surface area contributed by atoms with E-state index in [2.05, 4.69) is 5.32 Å². The topological polar surface area (TPSA) is 92.5 Å². The zero-order valence-electron chi connectivity index (χ0n) is 11.9. The molecule has 6 nitrogen and oxygen atoms in total. The molecule has 0 fully saturated rings. The third kappa shape index (κ3) is 3.89. The van der Waals surface area contributed by atoms with Gasteiger partial charge < -0.3 is 11.1 Å². The maximum atomic E-state index is 11.9. The summed E-state index contributed by atoms with van der Waals surface area (Å²) in [6, 6.07) is 5.44. The zero-order valence-corrected chi connectivity index (χ0v) is 11.9. The molecule has 108 valence electrons. The van der Waals surface area contributed by atoms with Crippen LogP contribution in [0.5, 0.6) is 0 Å². The first-order valence-electron chi connectivity index (χ1n) is 6.27. The molecule has 1 aromatic rings. The van der Waals surface area contributed by atoms with E-state index in [1.165, 1.54) is 6.92 Å². The van der Waals surface area contributed by atoms with Crippen LogP contribution in [0.1, 0.15) is 18.1 Å². The standard InChI is InChI=1S/C14H19N3O3/c1-9-4-5-12(10(2)8-9)16-13(19)14(20)17(7-6-15)11(3)18/h4-5,8H,6-7,15H2,1-3H3,(H,16,19). The molecule has 20 heavy (non-hydrogen) atoms. The van der Waals surface area contributed by atoms with Gasteiger partial charge in [-0.2, -0.15) is 0 Å². The number of carbonyl (C=O) groups excluding carboxylic acids is 3. The average molecular weight is 277 g/mol. The highest BCUT2D eigenvalue weighted by Crippen LogP contribution is 2.16. The average Bonchev–Trinajstić information content (AvgIpc) is 2.38. The van der Waals surface area contributed by atoms with Gasteiger partial charge in [-0.1, -0.05) is 17.7 Å². The Bertz CT molecular complexity index is 540. The first-order chi connectivity index (χ1) is 9.36. The number of nitrogens with two attached hydrogens (primary N) is 1. The summed E-state index contributed by atoms with van der Waals surface area (Å²) < 4.78 is 0. The highest BCUT2D eigenvalue weighted by molar-refractivity contribution is 6.41. The van der Waals surface area contributed by atoms with Crippen LogP contribution in [0.3, 0.4) is 0 Å². The molecule has 0 bridgehead atoms. The molecule has 3 amide bonds. The van der Waals surface area contributed by atoms with E-state index in [1.807, 2.05) is 26.0 Å². The largest absolute Gasteiger partial charge is 0.329 e. The summed E-state index contributed by atoms with van der Waals surface area (Å²) in [5, 5.41) is 2.51. The third-order valence-corrected chi connectivity index (χ3v) is 2.80. The summed E-state index contributed by atoms with van der Waals surface area (Å²) in [5.41, 5.74) is 7.77. The number of hydrogen-bond acceptors (Lipinski definition) is 4. The van der Waals surface area contributed by atoms with Crippen LogP contribution in [0.15, 0.2) is 18.2 Å². The molecule has 3 N–H and O–H groups in total. The Kier molecular flexibility index (Phi) is 5.40. The van der Waals surface area contributed by atoms with Gasteiger partial charge >= 0.3 is 11.8 Å². The molecule has 0 aliphatic rings. The fourth-order valence-electron chi connectivity index (χ4n) is 1.78. The smallest absolute Gasteiger partial charge is 0.318 e. The number of amides is 3. The molecule has 0 aromatic heterocycles. The molecule has 1 aromatic carbocycles. The normalized spacial score (nSPS) is 10.0. The molecule has 0 heterocycles. The van der Waals surface area contributed by atoms with Crippen LogP contribution >= 0.6 is 0 Å². The number of rotatable bonds is 3. The number of benzene rings is 1. The maximum Gasteiger partial charge on any atom is 0.318 e. The van der Waals surface area contributed by atoms with Crippen molar-refractivity contribution in [1.29, 1.82) is 0 Å². The Balaban J connectivity index is 2.84. The van der Waals surface area contributed by atoms with Gasteiger partial charge in [0.2, 0.25) is 5.91 Å². The zero-order chi connectivity index (χ0) is 15.3. The first kappa shape index (κ1) is 15.8. The van der Waals surface area contributed by atoms with E-state index in [1.54, 1.807) is 6.07 Å². The van der Waals surface area contributed by atoms with E-state index in [-0.39, 0.29) is 13.1 Å². The lowest BCUT2D eigenvalue weighted by Gasteiger charge is -2.18. The van der Waals surface area contributed by atoms with E-state index >= 15 is 0 Å². The molecule has 0 saturated carbocycles. The minimum Gasteiger partial charge on any atom is -0.329 e. The summed E-state index contributed by atoms with van der Waals surface area (Å²) in [7, 11) is 0. The van der Waals surface area contributed by atoms with Gasteiger partial charge in [-0.15, -0.1) is 0 Å². The number of nitrogens with zero attached hydrogens (tertiary/aromatic N) is 1. The van der Waals surface area contributed by atoms with Crippen LogP contribution in [0.2, 0.25) is 0 Å². The Morgan fingerprint density at radius 2 is 1.90 bits per heavy atom. The summed E-state index contributed by atoms with van der Waals surface area (Å²) in [5.74, 6) is -2.25. The van der Waals surface area contributed by atoms with Crippen molar-refractivity contribution in [3.05, 3.63) is 29.3 Å². The number of carbonyl (C=O) groups is 3. The summed E-state index contributed by atoms with van der Waals surface area (Å²) in [6.45, 7) is 5.12. The van der Waals surface area contributed by atoms with E-state index in [4.69, 9.17) is 5.73 Å². The number of anilines is 1. The first-order valence-corrected chi connectivity index (χ1v) is 6.27. The lowest BCUT2D eigenvalue weighted by molar-refractivity contribution is -0.149. The summed E-state index contributed by atoms with van der Waals surface area (Å²) in [6.07, 6.45) is 0. The van der Waals surface area contributed by atoms with Crippen molar-refractivity contribution in [2.75, 3.05) is 18.4 Å². The van der Waals surface area contributed by atoms with Gasteiger partial charge in [-0.05, 0) is 25.5 Å². The van der Waals surface area contributed by atoms with Gasteiger partial charge in [0.25, 0.3) is 0 Å². The van der Waals surface area contributed by atoms with Gasteiger partial charge in [0, 0.05) is 25.7 Å². The highest BCUT2D eigenvalue weighted by atomic mass is 16.2. The van der Waals surface area contributed by atoms with E-state index < -0.39 is 17.7 Å². The van der Waals surface area contributed by atoms with E-state index in [0.29, 0.717) is 5.69 Å². The Morgan fingerprint density at radius 1 is 1.25 bits per heavy atom. The van der Waals surface area contributed by atoms with Gasteiger partial charge in [0.1, 0.15) is 0 Å². The Morgan fingerprint density at radius 3 is 2.40 bits per heavy atom. The second-order valence-electron chi connectivity index (χ2n) is 4.54. The predicted octanol–water partition coefficient (Wildman–Crippen LogP) is 0.576. The molecule has 0 aliphatic carbocycles. The van der Waals surface area contributed by atoms with E-state index in [0.717, 1.165) is 16.0 Å². The van der Waals surface area contributed by atoms with Gasteiger partial charge in [-0.25, -0.2) is 0 Å². The van der Waals surface area contributed by atoms with Crippen LogP contribution in [-0.2, 0) is 14.4 Å². The van der Waals surface area contributed by atoms with Crippen LogP contribution in [0.25, 0.3) is 0 Å². The predicted molar refractivity (Wildman–Crippen MR) is 76.0 cm³/mol. The van der Waals surface area contributed by atoms with Gasteiger partial charge in [-0.3, -0.25) is 19.3 Å². The van der Waals surface area contributed by atoms with Crippen molar-refractivity contribution in [2.45, 2.75) is 20.8 Å². The van der Waals surface area contributed by atoms with Gasteiger partial charge in [0.05, 0.1) is 0 Å². The lowest BCUT2D eigenvalue weighted by atomic mass is 10.1. The number of hydrogen-bond donors (Lipinski definition) is 2. The summed E-state index contributed by atoms with van der Waals surface area (Å²) in [4.78, 5) is 35.9. The molecule has 0 saturated heterocycles. The molecular weight excluding hydrogens is 258 g/mol. The molecule has 6 heteroatoms. The lowest BCUT2D eigenvalue weighted by Crippen LogP contribution is -2.44. The van der Waals surface area contributed by atoms with Crippen molar-refractivity contribution < 1.29 is 14.4 Å². The highest BCUT2D eigenvalue weighted by Gasteiger charge is 2.24. The quantitative estimate of drug-likeness (QED) is 0.790. The molecule has 0 unspecified atom stereocenters. The fourth-order valence-corrected chi connectivity index (χ4v) is 1.78. The molecule has 0 aliphatic heterocycles. The second kappa shape index (κ2) is 6.81. The molecular formula is C14H19N3O3.